The SMILES string of the molecule is Cc1ccc2c(c1)CCCN2C(=O)c1cc(Cl)ccc1I. The summed E-state index contributed by atoms with van der Waals surface area (Å²) in [6.45, 7) is 2.85. The fourth-order valence-electron chi connectivity index (χ4n) is 2.74. The van der Waals surface area contributed by atoms with Crippen LogP contribution in [0.1, 0.15) is 27.9 Å². The molecule has 2 aromatic rings. The molecule has 0 saturated heterocycles. The van der Waals surface area contributed by atoms with Gasteiger partial charge in [-0.1, -0.05) is 29.3 Å². The summed E-state index contributed by atoms with van der Waals surface area (Å²) in [5, 5.41) is 0.597. The smallest absolute Gasteiger partial charge is 0.259 e. The molecule has 21 heavy (non-hydrogen) atoms. The van der Waals surface area contributed by atoms with Gasteiger partial charge in [-0.3, -0.25) is 4.79 Å². The second-order valence-electron chi connectivity index (χ2n) is 5.32. The minimum Gasteiger partial charge on any atom is -0.308 e. The molecule has 0 N–H and O–H groups in total. The van der Waals surface area contributed by atoms with Gasteiger partial charge in [0, 0.05) is 20.8 Å². The van der Waals surface area contributed by atoms with E-state index in [4.69, 9.17) is 11.6 Å². The van der Waals surface area contributed by atoms with Gasteiger partial charge in [-0.15, -0.1) is 0 Å². The minimum absolute atomic E-state index is 0.0340. The fourth-order valence-corrected chi connectivity index (χ4v) is 3.48. The number of carbonyl (C=O) groups is 1. The number of anilines is 1. The molecule has 4 heteroatoms. The van der Waals surface area contributed by atoms with Crippen molar-refractivity contribution >= 4 is 45.8 Å². The molecule has 3 rings (SSSR count). The lowest BCUT2D eigenvalue weighted by Crippen LogP contribution is -2.35. The third kappa shape index (κ3) is 2.94. The zero-order valence-electron chi connectivity index (χ0n) is 11.7. The predicted molar refractivity (Wildman–Crippen MR) is 95.3 cm³/mol. The second-order valence-corrected chi connectivity index (χ2v) is 6.92. The Hall–Kier alpha value is -1.07. The van der Waals surface area contributed by atoms with Gasteiger partial charge in [-0.25, -0.2) is 0 Å². The average Bonchev–Trinajstić information content (AvgIpc) is 2.48. The summed E-state index contributed by atoms with van der Waals surface area (Å²) in [5.41, 5.74) is 4.20. The molecule has 0 radical (unpaired) electrons. The van der Waals surface area contributed by atoms with Crippen molar-refractivity contribution in [3.05, 3.63) is 61.7 Å². The number of halogens is 2. The van der Waals surface area contributed by atoms with Crippen LogP contribution in [0, 0.1) is 10.5 Å². The number of amides is 1. The largest absolute Gasteiger partial charge is 0.308 e. The van der Waals surface area contributed by atoms with Crippen molar-refractivity contribution in [2.45, 2.75) is 19.8 Å². The summed E-state index contributed by atoms with van der Waals surface area (Å²) in [5.74, 6) is 0.0340. The summed E-state index contributed by atoms with van der Waals surface area (Å²) in [6, 6.07) is 11.8. The predicted octanol–water partition coefficient (Wildman–Crippen LogP) is 4.85. The van der Waals surface area contributed by atoms with E-state index < -0.39 is 0 Å². The number of rotatable bonds is 1. The molecule has 0 fully saturated rings. The summed E-state index contributed by atoms with van der Waals surface area (Å²) >= 11 is 8.23. The molecule has 0 bridgehead atoms. The molecule has 0 aromatic heterocycles. The monoisotopic (exact) mass is 411 g/mol. The van der Waals surface area contributed by atoms with E-state index in [2.05, 4.69) is 47.7 Å². The maximum Gasteiger partial charge on any atom is 0.259 e. The van der Waals surface area contributed by atoms with Crippen molar-refractivity contribution < 1.29 is 4.79 Å². The van der Waals surface area contributed by atoms with Crippen LogP contribution in [0.3, 0.4) is 0 Å². The van der Waals surface area contributed by atoms with Gasteiger partial charge in [-0.2, -0.15) is 0 Å². The van der Waals surface area contributed by atoms with E-state index >= 15 is 0 Å². The van der Waals surface area contributed by atoms with Crippen molar-refractivity contribution in [3.63, 3.8) is 0 Å². The van der Waals surface area contributed by atoms with Gasteiger partial charge < -0.3 is 4.90 Å². The Kier molecular flexibility index (Phi) is 4.22. The molecule has 2 aromatic carbocycles. The molecule has 0 spiro atoms. The topological polar surface area (TPSA) is 20.3 Å². The van der Waals surface area contributed by atoms with Crippen LogP contribution in [0.25, 0.3) is 0 Å². The number of carbonyl (C=O) groups excluding carboxylic acids is 1. The van der Waals surface area contributed by atoms with Gasteiger partial charge in [0.2, 0.25) is 0 Å². The molecule has 2 nitrogen and oxygen atoms in total. The van der Waals surface area contributed by atoms with E-state index in [1.165, 1.54) is 11.1 Å². The van der Waals surface area contributed by atoms with Crippen LogP contribution in [0.4, 0.5) is 5.69 Å². The van der Waals surface area contributed by atoms with E-state index in [0.29, 0.717) is 10.6 Å². The van der Waals surface area contributed by atoms with Crippen LogP contribution in [0.15, 0.2) is 36.4 Å². The number of hydrogen-bond acceptors (Lipinski definition) is 1. The zero-order valence-corrected chi connectivity index (χ0v) is 14.6. The van der Waals surface area contributed by atoms with Crippen LogP contribution >= 0.6 is 34.2 Å². The number of benzene rings is 2. The summed E-state index contributed by atoms with van der Waals surface area (Å²) in [4.78, 5) is 14.8. The lowest BCUT2D eigenvalue weighted by Gasteiger charge is -2.30. The average molecular weight is 412 g/mol. The number of fused-ring (bicyclic) bond motifs is 1. The standard InChI is InChI=1S/C17H15ClINO/c1-11-4-7-16-12(9-11)3-2-8-20(16)17(21)14-10-13(18)5-6-15(14)19/h4-7,9-10H,2-3,8H2,1H3. The van der Waals surface area contributed by atoms with Gasteiger partial charge in [0.05, 0.1) is 5.56 Å². The van der Waals surface area contributed by atoms with Crippen LogP contribution < -0.4 is 4.90 Å². The van der Waals surface area contributed by atoms with Crippen LogP contribution in [0.5, 0.6) is 0 Å². The fraction of sp³-hybridized carbons (Fsp3) is 0.235. The molecule has 0 saturated carbocycles. The minimum atomic E-state index is 0.0340. The Morgan fingerprint density at radius 1 is 1.24 bits per heavy atom. The highest BCUT2D eigenvalue weighted by Gasteiger charge is 2.25. The van der Waals surface area contributed by atoms with Crippen molar-refractivity contribution in [2.75, 3.05) is 11.4 Å². The highest BCUT2D eigenvalue weighted by Crippen LogP contribution is 2.30. The first-order valence-electron chi connectivity index (χ1n) is 6.93. The number of aryl methyl sites for hydroxylation is 2. The van der Waals surface area contributed by atoms with E-state index in [-0.39, 0.29) is 5.91 Å². The summed E-state index contributed by atoms with van der Waals surface area (Å²) in [6.07, 6.45) is 2.03. The van der Waals surface area contributed by atoms with Gasteiger partial charge in [0.15, 0.2) is 0 Å². The lowest BCUT2D eigenvalue weighted by molar-refractivity contribution is 0.0984. The normalized spacial score (nSPS) is 14.0. The van der Waals surface area contributed by atoms with Crippen LogP contribution in [0.2, 0.25) is 5.02 Å². The third-order valence-electron chi connectivity index (χ3n) is 3.76. The molecule has 108 valence electrons. The van der Waals surface area contributed by atoms with Gasteiger partial charge >= 0.3 is 0 Å². The summed E-state index contributed by atoms with van der Waals surface area (Å²) < 4.78 is 0.932. The number of nitrogens with zero attached hydrogens (tertiary/aromatic N) is 1. The van der Waals surface area contributed by atoms with E-state index in [0.717, 1.165) is 28.6 Å². The van der Waals surface area contributed by atoms with Crippen LogP contribution in [-0.2, 0) is 6.42 Å². The van der Waals surface area contributed by atoms with Crippen molar-refractivity contribution in [3.8, 4) is 0 Å². The van der Waals surface area contributed by atoms with Crippen molar-refractivity contribution in [2.24, 2.45) is 0 Å². The first-order chi connectivity index (χ1) is 10.1. The zero-order chi connectivity index (χ0) is 15.0. The number of hydrogen-bond donors (Lipinski definition) is 0. The molecule has 1 heterocycles. The van der Waals surface area contributed by atoms with E-state index in [1.54, 1.807) is 6.07 Å². The molecular formula is C17H15ClINO. The Labute approximate surface area is 143 Å². The van der Waals surface area contributed by atoms with Gasteiger partial charge in [-0.05, 0) is 72.2 Å². The molecule has 0 atom stereocenters. The lowest BCUT2D eigenvalue weighted by atomic mass is 9.99. The van der Waals surface area contributed by atoms with Gasteiger partial charge in [0.1, 0.15) is 0 Å². The maximum absolute atomic E-state index is 12.9. The highest BCUT2D eigenvalue weighted by molar-refractivity contribution is 14.1. The summed E-state index contributed by atoms with van der Waals surface area (Å²) in [7, 11) is 0. The first-order valence-corrected chi connectivity index (χ1v) is 8.38. The Balaban J connectivity index is 2.02. The highest BCUT2D eigenvalue weighted by atomic mass is 127. The van der Waals surface area contributed by atoms with Crippen LogP contribution in [-0.4, -0.2) is 12.5 Å². The molecule has 0 aliphatic carbocycles. The van der Waals surface area contributed by atoms with Crippen molar-refractivity contribution in [1.29, 1.82) is 0 Å². The van der Waals surface area contributed by atoms with Crippen molar-refractivity contribution in [1.82, 2.24) is 0 Å². The third-order valence-corrected chi connectivity index (χ3v) is 4.93. The molecule has 1 aliphatic rings. The Bertz CT molecular complexity index is 714. The maximum atomic E-state index is 12.9. The molecule has 1 amide bonds. The molecule has 1 aliphatic heterocycles. The van der Waals surface area contributed by atoms with E-state index in [1.807, 2.05) is 17.0 Å². The quantitative estimate of drug-likeness (QED) is 0.615. The molecule has 0 unspecified atom stereocenters. The Morgan fingerprint density at radius 2 is 2.05 bits per heavy atom. The first kappa shape index (κ1) is 14.9. The van der Waals surface area contributed by atoms with E-state index in [9.17, 15) is 4.79 Å². The second kappa shape index (κ2) is 5.97. The molecular weight excluding hydrogens is 397 g/mol. The van der Waals surface area contributed by atoms with Gasteiger partial charge in [0.25, 0.3) is 5.91 Å². The Morgan fingerprint density at radius 3 is 2.86 bits per heavy atom.